The number of alkyl halides is 3. The summed E-state index contributed by atoms with van der Waals surface area (Å²) in [7, 11) is 3.32. The van der Waals surface area contributed by atoms with Gasteiger partial charge in [0.05, 0.1) is 18.2 Å². The van der Waals surface area contributed by atoms with Crippen LogP contribution >= 0.6 is 0 Å². The Labute approximate surface area is 172 Å². The van der Waals surface area contributed by atoms with Crippen molar-refractivity contribution < 1.29 is 27.5 Å². The standard InChI is InChI=1S/C21H22F3N3O3/c1-27(2)11-19(28)25-16-9-14(7-15(10-16)21(22,23)24)20(29)26-17-8-13-5-3-4-6-18(13)30-12-17/h3-7,9-10,17H,8,11-12H2,1-2H3,(H,25,28)(H,26,29). The van der Waals surface area contributed by atoms with Crippen molar-refractivity contribution in [3.05, 3.63) is 59.2 Å². The highest BCUT2D eigenvalue weighted by Crippen LogP contribution is 2.32. The third-order valence-corrected chi connectivity index (χ3v) is 4.48. The van der Waals surface area contributed by atoms with Crippen molar-refractivity contribution in [2.24, 2.45) is 0 Å². The van der Waals surface area contributed by atoms with Crippen molar-refractivity contribution in [1.29, 1.82) is 0 Å². The summed E-state index contributed by atoms with van der Waals surface area (Å²) in [5, 5.41) is 5.13. The smallest absolute Gasteiger partial charge is 0.416 e. The van der Waals surface area contributed by atoms with Gasteiger partial charge in [0.2, 0.25) is 5.91 Å². The number of fused-ring (bicyclic) bond motifs is 1. The third-order valence-electron chi connectivity index (χ3n) is 4.48. The zero-order chi connectivity index (χ0) is 21.9. The fourth-order valence-electron chi connectivity index (χ4n) is 3.17. The predicted molar refractivity (Wildman–Crippen MR) is 106 cm³/mol. The lowest BCUT2D eigenvalue weighted by Crippen LogP contribution is -2.42. The van der Waals surface area contributed by atoms with E-state index in [-0.39, 0.29) is 30.4 Å². The largest absolute Gasteiger partial charge is 0.491 e. The summed E-state index contributed by atoms with van der Waals surface area (Å²) in [4.78, 5) is 26.2. The van der Waals surface area contributed by atoms with Crippen LogP contribution in [0.1, 0.15) is 21.5 Å². The van der Waals surface area contributed by atoms with Gasteiger partial charge in [-0.25, -0.2) is 0 Å². The van der Waals surface area contributed by atoms with E-state index in [2.05, 4.69) is 10.6 Å². The van der Waals surface area contributed by atoms with Gasteiger partial charge in [0.1, 0.15) is 12.4 Å². The van der Waals surface area contributed by atoms with Crippen molar-refractivity contribution in [2.45, 2.75) is 18.6 Å². The van der Waals surface area contributed by atoms with Gasteiger partial charge < -0.3 is 20.3 Å². The summed E-state index contributed by atoms with van der Waals surface area (Å²) < 4.78 is 45.5. The maximum absolute atomic E-state index is 13.3. The Morgan fingerprint density at radius 2 is 1.90 bits per heavy atom. The molecular formula is C21H22F3N3O3. The second-order valence-corrected chi connectivity index (χ2v) is 7.38. The first-order valence-electron chi connectivity index (χ1n) is 9.30. The number of hydrogen-bond acceptors (Lipinski definition) is 4. The van der Waals surface area contributed by atoms with Gasteiger partial charge in [-0.3, -0.25) is 9.59 Å². The Morgan fingerprint density at radius 3 is 2.60 bits per heavy atom. The Hall–Kier alpha value is -3.07. The molecule has 0 spiro atoms. The molecule has 0 saturated carbocycles. The molecule has 1 atom stereocenters. The minimum Gasteiger partial charge on any atom is -0.491 e. The molecule has 1 unspecified atom stereocenters. The second-order valence-electron chi connectivity index (χ2n) is 7.38. The van der Waals surface area contributed by atoms with E-state index in [0.29, 0.717) is 6.42 Å². The van der Waals surface area contributed by atoms with E-state index >= 15 is 0 Å². The van der Waals surface area contributed by atoms with Crippen LogP contribution in [0.2, 0.25) is 0 Å². The molecule has 6 nitrogen and oxygen atoms in total. The van der Waals surface area contributed by atoms with Crippen LogP contribution < -0.4 is 15.4 Å². The quantitative estimate of drug-likeness (QED) is 0.779. The molecule has 2 N–H and O–H groups in total. The monoisotopic (exact) mass is 421 g/mol. The number of rotatable bonds is 5. The van der Waals surface area contributed by atoms with Gasteiger partial charge in [-0.2, -0.15) is 13.2 Å². The van der Waals surface area contributed by atoms with Crippen LogP contribution in [0.25, 0.3) is 0 Å². The highest BCUT2D eigenvalue weighted by molar-refractivity contribution is 5.98. The van der Waals surface area contributed by atoms with E-state index in [4.69, 9.17) is 4.74 Å². The summed E-state index contributed by atoms with van der Waals surface area (Å²) in [6.45, 7) is 0.213. The maximum atomic E-state index is 13.3. The molecular weight excluding hydrogens is 399 g/mol. The number of carbonyl (C=O) groups excluding carboxylic acids is 2. The summed E-state index contributed by atoms with van der Waals surface area (Å²) in [5.41, 5.74) is -0.383. The van der Waals surface area contributed by atoms with Crippen molar-refractivity contribution >= 4 is 17.5 Å². The zero-order valence-corrected chi connectivity index (χ0v) is 16.5. The molecule has 1 heterocycles. The van der Waals surface area contributed by atoms with Gasteiger partial charge in [-0.1, -0.05) is 18.2 Å². The number of nitrogens with zero attached hydrogens (tertiary/aromatic N) is 1. The van der Waals surface area contributed by atoms with Crippen molar-refractivity contribution in [1.82, 2.24) is 10.2 Å². The summed E-state index contributed by atoms with van der Waals surface area (Å²) in [6.07, 6.45) is -4.16. The van der Waals surface area contributed by atoms with Gasteiger partial charge in [0.25, 0.3) is 5.91 Å². The van der Waals surface area contributed by atoms with Crippen LogP contribution in [0.3, 0.4) is 0 Å². The number of hydrogen-bond donors (Lipinski definition) is 2. The fraction of sp³-hybridized carbons (Fsp3) is 0.333. The molecule has 3 rings (SSSR count). The highest BCUT2D eigenvalue weighted by Gasteiger charge is 2.32. The molecule has 0 bridgehead atoms. The van der Waals surface area contributed by atoms with Gasteiger partial charge >= 0.3 is 6.18 Å². The van der Waals surface area contributed by atoms with Crippen LogP contribution in [-0.2, 0) is 17.4 Å². The predicted octanol–water partition coefficient (Wildman–Crippen LogP) is 2.94. The number of para-hydroxylation sites is 1. The van der Waals surface area contributed by atoms with E-state index < -0.39 is 23.6 Å². The van der Waals surface area contributed by atoms with Gasteiger partial charge in [0, 0.05) is 11.3 Å². The number of anilines is 1. The number of amides is 2. The van der Waals surface area contributed by atoms with E-state index in [1.165, 1.54) is 6.07 Å². The average molecular weight is 421 g/mol. The Bertz CT molecular complexity index is 945. The molecule has 160 valence electrons. The topological polar surface area (TPSA) is 70.7 Å². The number of nitrogens with one attached hydrogen (secondary N) is 2. The number of halogens is 3. The zero-order valence-electron chi connectivity index (χ0n) is 16.5. The van der Waals surface area contributed by atoms with E-state index in [0.717, 1.165) is 23.4 Å². The van der Waals surface area contributed by atoms with E-state index in [1.54, 1.807) is 19.0 Å². The van der Waals surface area contributed by atoms with Crippen molar-refractivity contribution in [3.8, 4) is 5.75 Å². The van der Waals surface area contributed by atoms with Gasteiger partial charge in [-0.15, -0.1) is 0 Å². The molecule has 1 aliphatic heterocycles. The Balaban J connectivity index is 1.79. The lowest BCUT2D eigenvalue weighted by molar-refractivity contribution is -0.137. The molecule has 0 radical (unpaired) electrons. The molecule has 0 fully saturated rings. The van der Waals surface area contributed by atoms with Crippen LogP contribution in [0.4, 0.5) is 18.9 Å². The molecule has 2 aromatic carbocycles. The van der Waals surface area contributed by atoms with Gasteiger partial charge in [-0.05, 0) is 50.3 Å². The number of carbonyl (C=O) groups is 2. The normalized spacial score (nSPS) is 15.9. The summed E-state index contributed by atoms with van der Waals surface area (Å²) in [6, 6.07) is 9.82. The van der Waals surface area contributed by atoms with Gasteiger partial charge in [0.15, 0.2) is 0 Å². The van der Waals surface area contributed by atoms with E-state index in [1.807, 2.05) is 24.3 Å². The number of likely N-dealkylation sites (N-methyl/N-ethyl adjacent to an activating group) is 1. The van der Waals surface area contributed by atoms with Crippen molar-refractivity contribution in [2.75, 3.05) is 32.6 Å². The highest BCUT2D eigenvalue weighted by atomic mass is 19.4. The molecule has 9 heteroatoms. The molecule has 2 aromatic rings. The average Bonchev–Trinajstić information content (AvgIpc) is 2.66. The minimum atomic E-state index is -4.66. The first kappa shape index (κ1) is 21.6. The molecule has 0 aliphatic carbocycles. The number of ether oxygens (including phenoxy) is 1. The molecule has 0 saturated heterocycles. The Kier molecular flexibility index (Phi) is 6.31. The molecule has 2 amide bonds. The van der Waals surface area contributed by atoms with Crippen LogP contribution in [0.5, 0.6) is 5.75 Å². The first-order valence-corrected chi connectivity index (χ1v) is 9.30. The summed E-state index contributed by atoms with van der Waals surface area (Å²) in [5.74, 6) is -0.423. The fourth-order valence-corrected chi connectivity index (χ4v) is 3.17. The van der Waals surface area contributed by atoms with E-state index in [9.17, 15) is 22.8 Å². The number of benzene rings is 2. The third kappa shape index (κ3) is 5.50. The second kappa shape index (κ2) is 8.74. The maximum Gasteiger partial charge on any atom is 0.416 e. The lowest BCUT2D eigenvalue weighted by atomic mass is 10.0. The molecule has 30 heavy (non-hydrogen) atoms. The van der Waals surface area contributed by atoms with Crippen LogP contribution in [0, 0.1) is 0 Å². The summed E-state index contributed by atoms with van der Waals surface area (Å²) >= 11 is 0. The molecule has 1 aliphatic rings. The van der Waals surface area contributed by atoms with Crippen LogP contribution in [-0.4, -0.2) is 50.0 Å². The Morgan fingerprint density at radius 1 is 1.17 bits per heavy atom. The van der Waals surface area contributed by atoms with Crippen LogP contribution in [0.15, 0.2) is 42.5 Å². The lowest BCUT2D eigenvalue weighted by Gasteiger charge is -2.26. The van der Waals surface area contributed by atoms with Crippen molar-refractivity contribution in [3.63, 3.8) is 0 Å². The SMILES string of the molecule is CN(C)CC(=O)Nc1cc(C(=O)NC2COc3ccccc3C2)cc(C(F)(F)F)c1. The first-order chi connectivity index (χ1) is 14.1. The minimum absolute atomic E-state index is 0.00338. The molecule has 0 aromatic heterocycles.